The Morgan fingerprint density at radius 1 is 1.27 bits per heavy atom. The molecule has 0 unspecified atom stereocenters. The van der Waals surface area contributed by atoms with Crippen LogP contribution in [0.25, 0.3) is 0 Å². The zero-order valence-corrected chi connectivity index (χ0v) is 15.3. The molecule has 0 spiro atoms. The molecule has 0 aliphatic carbocycles. The molecule has 2 aromatic rings. The standard InChI is InChI=1S/C19H25N5O2/c1-13-11-16-17(14(2)26-13)21-22-18(16)19(25)24-9-7-23(8-10-24)12-15-5-3-4-6-20-15/h3-6,13-14H,7-12H2,1-2H3,(H,21,22)/t13-,14+/m1/s1. The van der Waals surface area contributed by atoms with Crippen molar-refractivity contribution < 1.29 is 9.53 Å². The van der Waals surface area contributed by atoms with Gasteiger partial charge in [-0.15, -0.1) is 0 Å². The minimum atomic E-state index is -0.0435. The molecule has 2 atom stereocenters. The molecule has 4 heterocycles. The quantitative estimate of drug-likeness (QED) is 0.908. The second-order valence-corrected chi connectivity index (χ2v) is 7.15. The molecular weight excluding hydrogens is 330 g/mol. The summed E-state index contributed by atoms with van der Waals surface area (Å²) in [4.78, 5) is 21.6. The number of ether oxygens (including phenoxy) is 1. The van der Waals surface area contributed by atoms with E-state index in [4.69, 9.17) is 4.74 Å². The third-order valence-electron chi connectivity index (χ3n) is 5.21. The summed E-state index contributed by atoms with van der Waals surface area (Å²) in [6.45, 7) is 8.00. The molecule has 0 radical (unpaired) electrons. The summed E-state index contributed by atoms with van der Waals surface area (Å²) in [5.74, 6) is 0.0290. The molecule has 0 bridgehead atoms. The maximum Gasteiger partial charge on any atom is 0.274 e. The second-order valence-electron chi connectivity index (χ2n) is 7.15. The van der Waals surface area contributed by atoms with Crippen LogP contribution in [0.1, 0.15) is 47.4 Å². The summed E-state index contributed by atoms with van der Waals surface area (Å²) >= 11 is 0. The van der Waals surface area contributed by atoms with Gasteiger partial charge in [-0.2, -0.15) is 5.10 Å². The predicted octanol–water partition coefficient (Wildman–Crippen LogP) is 1.78. The van der Waals surface area contributed by atoms with Crippen LogP contribution in [0.15, 0.2) is 24.4 Å². The number of H-pyrrole nitrogens is 1. The zero-order valence-electron chi connectivity index (χ0n) is 15.3. The Morgan fingerprint density at radius 2 is 2.08 bits per heavy atom. The molecule has 7 heteroatoms. The van der Waals surface area contributed by atoms with Gasteiger partial charge >= 0.3 is 0 Å². The van der Waals surface area contributed by atoms with Crippen molar-refractivity contribution in [3.63, 3.8) is 0 Å². The van der Waals surface area contributed by atoms with Gasteiger partial charge in [0.2, 0.25) is 0 Å². The Hall–Kier alpha value is -2.25. The maximum atomic E-state index is 13.0. The van der Waals surface area contributed by atoms with Crippen LogP contribution < -0.4 is 0 Å². The number of hydrogen-bond donors (Lipinski definition) is 1. The molecule has 138 valence electrons. The summed E-state index contributed by atoms with van der Waals surface area (Å²) < 4.78 is 5.81. The smallest absolute Gasteiger partial charge is 0.274 e. The number of pyridine rings is 1. The van der Waals surface area contributed by atoms with Gasteiger partial charge in [0.05, 0.1) is 23.6 Å². The van der Waals surface area contributed by atoms with E-state index in [0.717, 1.165) is 56.1 Å². The van der Waals surface area contributed by atoms with Crippen molar-refractivity contribution in [3.8, 4) is 0 Å². The first kappa shape index (κ1) is 17.2. The van der Waals surface area contributed by atoms with Crippen LogP contribution in [0.2, 0.25) is 0 Å². The lowest BCUT2D eigenvalue weighted by Crippen LogP contribution is -2.48. The van der Waals surface area contributed by atoms with Crippen molar-refractivity contribution in [2.45, 2.75) is 39.0 Å². The van der Waals surface area contributed by atoms with Crippen molar-refractivity contribution in [3.05, 3.63) is 47.0 Å². The van der Waals surface area contributed by atoms with Crippen LogP contribution in [-0.4, -0.2) is 63.2 Å². The molecule has 7 nitrogen and oxygen atoms in total. The van der Waals surface area contributed by atoms with Crippen LogP contribution in [-0.2, 0) is 17.7 Å². The molecule has 26 heavy (non-hydrogen) atoms. The number of hydrogen-bond acceptors (Lipinski definition) is 5. The third-order valence-corrected chi connectivity index (χ3v) is 5.21. The first-order chi connectivity index (χ1) is 12.6. The van der Waals surface area contributed by atoms with E-state index in [-0.39, 0.29) is 18.1 Å². The number of rotatable bonds is 3. The number of nitrogens with one attached hydrogen (secondary N) is 1. The van der Waals surface area contributed by atoms with E-state index in [2.05, 4.69) is 20.1 Å². The lowest BCUT2D eigenvalue weighted by Gasteiger charge is -2.34. The zero-order chi connectivity index (χ0) is 18.1. The Labute approximate surface area is 153 Å². The van der Waals surface area contributed by atoms with Crippen molar-refractivity contribution in [1.82, 2.24) is 25.0 Å². The van der Waals surface area contributed by atoms with Crippen molar-refractivity contribution in [2.24, 2.45) is 0 Å². The Balaban J connectivity index is 1.40. The van der Waals surface area contributed by atoms with Crippen LogP contribution in [0.4, 0.5) is 0 Å². The molecule has 2 aliphatic heterocycles. The highest BCUT2D eigenvalue weighted by Crippen LogP contribution is 2.30. The highest BCUT2D eigenvalue weighted by Gasteiger charge is 2.32. The number of carbonyl (C=O) groups excluding carboxylic acids is 1. The van der Waals surface area contributed by atoms with Gasteiger partial charge < -0.3 is 9.64 Å². The second kappa shape index (κ2) is 7.17. The fourth-order valence-electron chi connectivity index (χ4n) is 3.83. The van der Waals surface area contributed by atoms with E-state index < -0.39 is 0 Å². The maximum absolute atomic E-state index is 13.0. The summed E-state index contributed by atoms with van der Waals surface area (Å²) in [6.07, 6.45) is 2.62. The number of aromatic amines is 1. The lowest BCUT2D eigenvalue weighted by molar-refractivity contribution is -0.00704. The van der Waals surface area contributed by atoms with Gasteiger partial charge in [-0.05, 0) is 26.0 Å². The topological polar surface area (TPSA) is 74.4 Å². The largest absolute Gasteiger partial charge is 0.369 e. The monoisotopic (exact) mass is 355 g/mol. The molecule has 0 saturated carbocycles. The number of piperazine rings is 1. The van der Waals surface area contributed by atoms with Gasteiger partial charge in [0, 0.05) is 50.9 Å². The van der Waals surface area contributed by atoms with Crippen molar-refractivity contribution in [1.29, 1.82) is 0 Å². The van der Waals surface area contributed by atoms with Crippen molar-refractivity contribution >= 4 is 5.91 Å². The van der Waals surface area contributed by atoms with Crippen LogP contribution >= 0.6 is 0 Å². The highest BCUT2D eigenvalue weighted by molar-refractivity contribution is 5.94. The highest BCUT2D eigenvalue weighted by atomic mass is 16.5. The first-order valence-electron chi connectivity index (χ1n) is 9.26. The van der Waals surface area contributed by atoms with Gasteiger partial charge in [0.15, 0.2) is 5.69 Å². The van der Waals surface area contributed by atoms with Gasteiger partial charge in [-0.3, -0.25) is 19.8 Å². The van der Waals surface area contributed by atoms with Crippen LogP contribution in [0.3, 0.4) is 0 Å². The Morgan fingerprint density at radius 3 is 2.81 bits per heavy atom. The van der Waals surface area contributed by atoms with E-state index in [0.29, 0.717) is 5.69 Å². The van der Waals surface area contributed by atoms with E-state index >= 15 is 0 Å². The predicted molar refractivity (Wildman–Crippen MR) is 96.7 cm³/mol. The molecule has 1 fully saturated rings. The molecule has 2 aliphatic rings. The number of fused-ring (bicyclic) bond motifs is 1. The fourth-order valence-corrected chi connectivity index (χ4v) is 3.83. The molecule has 1 amide bonds. The Bertz CT molecular complexity index is 767. The van der Waals surface area contributed by atoms with Crippen LogP contribution in [0.5, 0.6) is 0 Å². The molecule has 1 saturated heterocycles. The molecule has 0 aromatic carbocycles. The van der Waals surface area contributed by atoms with E-state index in [1.54, 1.807) is 0 Å². The van der Waals surface area contributed by atoms with E-state index in [9.17, 15) is 4.79 Å². The number of carbonyl (C=O) groups is 1. The summed E-state index contributed by atoms with van der Waals surface area (Å²) in [6, 6.07) is 5.98. The SMILES string of the molecule is C[C@@H]1Cc2c(C(=O)N3CCN(Cc4ccccn4)CC3)n[nH]c2[C@H](C)O1. The third kappa shape index (κ3) is 3.37. The van der Waals surface area contributed by atoms with Crippen LogP contribution in [0, 0.1) is 0 Å². The van der Waals surface area contributed by atoms with Gasteiger partial charge in [-0.25, -0.2) is 0 Å². The molecule has 1 N–H and O–H groups in total. The average Bonchev–Trinajstić information content (AvgIpc) is 3.07. The summed E-state index contributed by atoms with van der Waals surface area (Å²) in [5, 5.41) is 7.34. The van der Waals surface area contributed by atoms with Gasteiger partial charge in [-0.1, -0.05) is 6.07 Å². The van der Waals surface area contributed by atoms with Crippen molar-refractivity contribution in [2.75, 3.05) is 26.2 Å². The van der Waals surface area contributed by atoms with E-state index in [1.165, 1.54) is 0 Å². The summed E-state index contributed by atoms with van der Waals surface area (Å²) in [5.41, 5.74) is 3.61. The Kier molecular flexibility index (Phi) is 4.74. The number of amides is 1. The lowest BCUT2D eigenvalue weighted by atomic mass is 9.99. The fraction of sp³-hybridized carbons (Fsp3) is 0.526. The normalized spacial score (nSPS) is 23.7. The first-order valence-corrected chi connectivity index (χ1v) is 9.26. The molecular formula is C19H25N5O2. The molecule has 2 aromatic heterocycles. The molecule has 4 rings (SSSR count). The average molecular weight is 355 g/mol. The van der Waals surface area contributed by atoms with Gasteiger partial charge in [0.1, 0.15) is 0 Å². The minimum absolute atomic E-state index is 0.0290. The van der Waals surface area contributed by atoms with E-state index in [1.807, 2.05) is 43.1 Å². The minimum Gasteiger partial charge on any atom is -0.369 e. The van der Waals surface area contributed by atoms with Gasteiger partial charge in [0.25, 0.3) is 5.91 Å². The number of nitrogens with zero attached hydrogens (tertiary/aromatic N) is 4. The number of aromatic nitrogens is 3. The summed E-state index contributed by atoms with van der Waals surface area (Å²) in [7, 11) is 0.